The van der Waals surface area contributed by atoms with Crippen molar-refractivity contribution in [2.45, 2.75) is 32.5 Å². The second kappa shape index (κ2) is 5.16. The van der Waals surface area contributed by atoms with Crippen LogP contribution < -0.4 is 10.9 Å². The Kier molecular flexibility index (Phi) is 3.16. The topological polar surface area (TPSA) is 81.7 Å². The van der Waals surface area contributed by atoms with Gasteiger partial charge in [0.05, 0.1) is 17.9 Å². The highest BCUT2D eigenvalue weighted by atomic mass is 16.1. The molecule has 2 aromatic heterocycles. The van der Waals surface area contributed by atoms with E-state index in [2.05, 4.69) is 36.3 Å². The molecule has 0 saturated carbocycles. The largest absolute Gasteiger partial charge is 0.309 e. The summed E-state index contributed by atoms with van der Waals surface area (Å²) >= 11 is 0. The van der Waals surface area contributed by atoms with Gasteiger partial charge in [0, 0.05) is 50.4 Å². The molecular formula is C14H20N6O. The van der Waals surface area contributed by atoms with E-state index in [9.17, 15) is 4.79 Å². The van der Waals surface area contributed by atoms with Crippen molar-refractivity contribution in [2.75, 3.05) is 19.6 Å². The highest BCUT2D eigenvalue weighted by Crippen LogP contribution is 2.14. The van der Waals surface area contributed by atoms with Gasteiger partial charge in [0.15, 0.2) is 0 Å². The van der Waals surface area contributed by atoms with Crippen molar-refractivity contribution in [3.63, 3.8) is 0 Å². The van der Waals surface area contributed by atoms with Crippen molar-refractivity contribution < 1.29 is 0 Å². The normalized spacial score (nSPS) is 19.0. The van der Waals surface area contributed by atoms with E-state index in [-0.39, 0.29) is 5.56 Å². The Hall–Kier alpha value is -1.86. The summed E-state index contributed by atoms with van der Waals surface area (Å²) in [6.07, 6.45) is 1.70. The number of hydrogen-bond acceptors (Lipinski definition) is 4. The molecule has 2 aromatic rings. The lowest BCUT2D eigenvalue weighted by molar-refractivity contribution is 0.273. The second-order valence-electron chi connectivity index (χ2n) is 5.84. The van der Waals surface area contributed by atoms with Gasteiger partial charge in [0.1, 0.15) is 0 Å². The smallest absolute Gasteiger partial charge is 0.267 e. The van der Waals surface area contributed by atoms with Crippen molar-refractivity contribution in [2.24, 2.45) is 0 Å². The van der Waals surface area contributed by atoms with Crippen LogP contribution >= 0.6 is 0 Å². The number of fused-ring (bicyclic) bond motifs is 2. The first-order chi connectivity index (χ1) is 10.3. The van der Waals surface area contributed by atoms with Crippen LogP contribution in [0.1, 0.15) is 22.6 Å². The van der Waals surface area contributed by atoms with Gasteiger partial charge in [-0.15, -0.1) is 0 Å². The number of nitrogens with one attached hydrogen (secondary N) is 3. The zero-order chi connectivity index (χ0) is 14.2. The molecule has 2 aliphatic heterocycles. The molecule has 2 aliphatic rings. The van der Waals surface area contributed by atoms with Gasteiger partial charge in [-0.05, 0) is 12.5 Å². The van der Waals surface area contributed by atoms with Crippen molar-refractivity contribution in [1.29, 1.82) is 0 Å². The first-order valence-electron chi connectivity index (χ1n) is 7.56. The van der Waals surface area contributed by atoms with Gasteiger partial charge < -0.3 is 10.4 Å². The summed E-state index contributed by atoms with van der Waals surface area (Å²) < 4.78 is 2.11. The molecule has 0 radical (unpaired) electrons. The third-order valence-electron chi connectivity index (χ3n) is 4.43. The van der Waals surface area contributed by atoms with Gasteiger partial charge in [-0.25, -0.2) is 0 Å². The number of nitrogens with zero attached hydrogens (tertiary/aromatic N) is 3. The fourth-order valence-electron chi connectivity index (χ4n) is 3.27. The lowest BCUT2D eigenvalue weighted by Crippen LogP contribution is -2.28. The molecule has 0 unspecified atom stereocenters. The molecule has 0 saturated heterocycles. The van der Waals surface area contributed by atoms with Crippen LogP contribution in [0.5, 0.6) is 0 Å². The van der Waals surface area contributed by atoms with E-state index in [1.807, 2.05) is 0 Å². The predicted octanol–water partition coefficient (Wildman–Crippen LogP) is -0.397. The number of H-pyrrole nitrogens is 2. The minimum atomic E-state index is 0.0374. The van der Waals surface area contributed by atoms with Crippen LogP contribution in [0.15, 0.2) is 10.9 Å². The SMILES string of the molecule is O=c1[nH][nH]c2c1CCN(Cc1cc3n(n1)CCNC3)CC2. The van der Waals surface area contributed by atoms with Gasteiger partial charge in [-0.1, -0.05) is 0 Å². The summed E-state index contributed by atoms with van der Waals surface area (Å²) in [7, 11) is 0. The van der Waals surface area contributed by atoms with Crippen molar-refractivity contribution in [3.8, 4) is 0 Å². The highest BCUT2D eigenvalue weighted by Gasteiger charge is 2.19. The minimum absolute atomic E-state index is 0.0374. The predicted molar refractivity (Wildman–Crippen MR) is 78.0 cm³/mol. The molecular weight excluding hydrogens is 268 g/mol. The lowest BCUT2D eigenvalue weighted by atomic mass is 10.2. The Morgan fingerprint density at radius 2 is 2.10 bits per heavy atom. The quantitative estimate of drug-likeness (QED) is 0.702. The van der Waals surface area contributed by atoms with Gasteiger partial charge >= 0.3 is 0 Å². The summed E-state index contributed by atoms with van der Waals surface area (Å²) in [6, 6.07) is 2.20. The second-order valence-corrected chi connectivity index (χ2v) is 5.84. The zero-order valence-corrected chi connectivity index (χ0v) is 12.0. The Morgan fingerprint density at radius 1 is 1.19 bits per heavy atom. The molecule has 0 spiro atoms. The van der Waals surface area contributed by atoms with Crippen LogP contribution in [0.4, 0.5) is 0 Å². The lowest BCUT2D eigenvalue weighted by Gasteiger charge is -2.18. The maximum atomic E-state index is 11.7. The number of aromatic amines is 2. The summed E-state index contributed by atoms with van der Waals surface area (Å²) in [5.74, 6) is 0. The van der Waals surface area contributed by atoms with E-state index in [0.717, 1.165) is 69.1 Å². The molecule has 0 fully saturated rings. The molecule has 21 heavy (non-hydrogen) atoms. The summed E-state index contributed by atoms with van der Waals surface area (Å²) in [5, 5.41) is 13.7. The Bertz CT molecular complexity index is 673. The first-order valence-corrected chi connectivity index (χ1v) is 7.56. The zero-order valence-electron chi connectivity index (χ0n) is 12.0. The molecule has 4 rings (SSSR count). The fourth-order valence-corrected chi connectivity index (χ4v) is 3.27. The maximum absolute atomic E-state index is 11.7. The minimum Gasteiger partial charge on any atom is -0.309 e. The van der Waals surface area contributed by atoms with Crippen LogP contribution in [0.3, 0.4) is 0 Å². The summed E-state index contributed by atoms with van der Waals surface area (Å²) in [4.78, 5) is 14.1. The molecule has 3 N–H and O–H groups in total. The Labute approximate surface area is 122 Å². The highest BCUT2D eigenvalue weighted by molar-refractivity contribution is 5.19. The number of rotatable bonds is 2. The van der Waals surface area contributed by atoms with E-state index in [1.165, 1.54) is 5.69 Å². The third kappa shape index (κ3) is 2.43. The van der Waals surface area contributed by atoms with Crippen molar-refractivity contribution in [3.05, 3.63) is 39.1 Å². The number of aromatic nitrogens is 4. The van der Waals surface area contributed by atoms with Crippen LogP contribution in [0.2, 0.25) is 0 Å². The average molecular weight is 288 g/mol. The van der Waals surface area contributed by atoms with E-state index in [1.54, 1.807) is 0 Å². The molecule has 0 amide bonds. The van der Waals surface area contributed by atoms with E-state index < -0.39 is 0 Å². The molecule has 112 valence electrons. The Morgan fingerprint density at radius 3 is 3.00 bits per heavy atom. The maximum Gasteiger partial charge on any atom is 0.267 e. The van der Waals surface area contributed by atoms with E-state index in [4.69, 9.17) is 0 Å². The number of hydrogen-bond donors (Lipinski definition) is 3. The first kappa shape index (κ1) is 12.8. The van der Waals surface area contributed by atoms with Gasteiger partial charge in [-0.2, -0.15) is 5.10 Å². The summed E-state index contributed by atoms with van der Waals surface area (Å²) in [6.45, 7) is 5.59. The van der Waals surface area contributed by atoms with Crippen molar-refractivity contribution >= 4 is 0 Å². The molecule has 0 aromatic carbocycles. The van der Waals surface area contributed by atoms with E-state index in [0.29, 0.717) is 0 Å². The van der Waals surface area contributed by atoms with Crippen molar-refractivity contribution in [1.82, 2.24) is 30.2 Å². The van der Waals surface area contributed by atoms with Gasteiger partial charge in [0.2, 0.25) is 0 Å². The third-order valence-corrected chi connectivity index (χ3v) is 4.43. The van der Waals surface area contributed by atoms with Crippen LogP contribution in [0, 0.1) is 0 Å². The molecule has 4 heterocycles. The van der Waals surface area contributed by atoms with Gasteiger partial charge in [0.25, 0.3) is 5.56 Å². The van der Waals surface area contributed by atoms with Crippen LogP contribution in [-0.4, -0.2) is 44.5 Å². The van der Waals surface area contributed by atoms with E-state index >= 15 is 0 Å². The standard InChI is InChI=1S/C14H20N6O/c21-14-12-1-4-19(5-2-13(12)16-17-14)9-10-7-11-8-15-3-6-20(11)18-10/h7,15H,1-6,8-9H2,(H2,16,17,21). The molecule has 7 heteroatoms. The average Bonchev–Trinajstić information content (AvgIpc) is 2.98. The van der Waals surface area contributed by atoms with Crippen LogP contribution in [-0.2, 0) is 32.5 Å². The molecule has 0 bridgehead atoms. The molecule has 7 nitrogen and oxygen atoms in total. The fraction of sp³-hybridized carbons (Fsp3) is 0.571. The Balaban J connectivity index is 1.46. The molecule has 0 aliphatic carbocycles. The molecule has 0 atom stereocenters. The van der Waals surface area contributed by atoms with Crippen LogP contribution in [0.25, 0.3) is 0 Å². The van der Waals surface area contributed by atoms with Gasteiger partial charge in [-0.3, -0.25) is 19.5 Å². The monoisotopic (exact) mass is 288 g/mol. The summed E-state index contributed by atoms with van der Waals surface area (Å²) in [5.41, 5.74) is 4.43.